The van der Waals surface area contributed by atoms with Gasteiger partial charge in [0.2, 0.25) is 5.91 Å². The summed E-state index contributed by atoms with van der Waals surface area (Å²) in [5.41, 5.74) is 6.44. The van der Waals surface area contributed by atoms with Crippen molar-refractivity contribution in [2.45, 2.75) is 46.0 Å². The number of nitrogens with zero attached hydrogens (tertiary/aromatic N) is 3. The van der Waals surface area contributed by atoms with Gasteiger partial charge in [0.15, 0.2) is 0 Å². The molecule has 2 heterocycles. The minimum absolute atomic E-state index is 0.0721. The summed E-state index contributed by atoms with van der Waals surface area (Å²) >= 11 is 0. The molecule has 23 heavy (non-hydrogen) atoms. The number of likely N-dealkylation sites (tertiary alicyclic amines) is 1. The highest BCUT2D eigenvalue weighted by atomic mass is 16.1. The Kier molecular flexibility index (Phi) is 6.33. The Morgan fingerprint density at radius 3 is 2.70 bits per heavy atom. The SMILES string of the molecule is Cc1nc(NCCCN2CCC(C(N)=O)CC2)cc(C(C)C)n1. The molecule has 1 amide bonds. The van der Waals surface area contributed by atoms with Gasteiger partial charge in [-0.05, 0) is 51.7 Å². The summed E-state index contributed by atoms with van der Waals surface area (Å²) in [4.78, 5) is 22.5. The topological polar surface area (TPSA) is 84.1 Å². The zero-order valence-corrected chi connectivity index (χ0v) is 14.5. The van der Waals surface area contributed by atoms with Crippen LogP contribution in [0.4, 0.5) is 5.82 Å². The number of amides is 1. The Bertz CT molecular complexity index is 524. The maximum Gasteiger partial charge on any atom is 0.220 e. The van der Waals surface area contributed by atoms with Gasteiger partial charge in [-0.25, -0.2) is 9.97 Å². The molecule has 1 aliphatic rings. The van der Waals surface area contributed by atoms with Crippen LogP contribution >= 0.6 is 0 Å². The van der Waals surface area contributed by atoms with Crippen molar-refractivity contribution >= 4 is 11.7 Å². The molecule has 1 aromatic rings. The Labute approximate surface area is 138 Å². The van der Waals surface area contributed by atoms with E-state index in [1.165, 1.54) is 0 Å². The number of piperidine rings is 1. The zero-order chi connectivity index (χ0) is 16.8. The van der Waals surface area contributed by atoms with Crippen LogP contribution in [0.25, 0.3) is 0 Å². The predicted molar refractivity (Wildman–Crippen MR) is 92.3 cm³/mol. The molecule has 1 aromatic heterocycles. The smallest absolute Gasteiger partial charge is 0.220 e. The van der Waals surface area contributed by atoms with Gasteiger partial charge in [-0.1, -0.05) is 13.8 Å². The van der Waals surface area contributed by atoms with Crippen molar-refractivity contribution in [3.8, 4) is 0 Å². The first-order chi connectivity index (χ1) is 11.0. The molecule has 0 saturated carbocycles. The monoisotopic (exact) mass is 319 g/mol. The molecule has 0 spiro atoms. The number of carbonyl (C=O) groups is 1. The van der Waals surface area contributed by atoms with Crippen LogP contribution in [0, 0.1) is 12.8 Å². The number of aryl methyl sites for hydroxylation is 1. The second-order valence-electron chi connectivity index (χ2n) is 6.68. The number of aromatic nitrogens is 2. The first-order valence-electron chi connectivity index (χ1n) is 8.57. The van der Waals surface area contributed by atoms with Gasteiger partial charge in [0.05, 0.1) is 0 Å². The maximum atomic E-state index is 11.2. The van der Waals surface area contributed by atoms with Gasteiger partial charge in [-0.15, -0.1) is 0 Å². The first-order valence-corrected chi connectivity index (χ1v) is 8.57. The fourth-order valence-electron chi connectivity index (χ4n) is 2.94. The molecule has 128 valence electrons. The lowest BCUT2D eigenvalue weighted by Gasteiger charge is -2.30. The summed E-state index contributed by atoms with van der Waals surface area (Å²) in [6.07, 6.45) is 2.85. The van der Waals surface area contributed by atoms with Crippen molar-refractivity contribution in [1.82, 2.24) is 14.9 Å². The molecule has 0 radical (unpaired) electrons. The van der Waals surface area contributed by atoms with E-state index in [9.17, 15) is 4.79 Å². The van der Waals surface area contributed by atoms with E-state index in [-0.39, 0.29) is 11.8 Å². The van der Waals surface area contributed by atoms with E-state index in [0.29, 0.717) is 5.92 Å². The minimum Gasteiger partial charge on any atom is -0.370 e. The van der Waals surface area contributed by atoms with E-state index >= 15 is 0 Å². The van der Waals surface area contributed by atoms with E-state index in [4.69, 9.17) is 5.73 Å². The van der Waals surface area contributed by atoms with Crippen molar-refractivity contribution in [1.29, 1.82) is 0 Å². The molecule has 0 unspecified atom stereocenters. The Hall–Kier alpha value is -1.69. The van der Waals surface area contributed by atoms with Gasteiger partial charge in [0, 0.05) is 24.2 Å². The van der Waals surface area contributed by atoms with Gasteiger partial charge < -0.3 is 16.0 Å². The molecule has 0 bridgehead atoms. The van der Waals surface area contributed by atoms with E-state index in [2.05, 4.69) is 34.0 Å². The average Bonchev–Trinajstić information content (AvgIpc) is 2.51. The van der Waals surface area contributed by atoms with Gasteiger partial charge >= 0.3 is 0 Å². The number of carbonyl (C=O) groups excluding carboxylic acids is 1. The number of nitrogens with one attached hydrogen (secondary N) is 1. The van der Waals surface area contributed by atoms with Crippen LogP contribution < -0.4 is 11.1 Å². The highest BCUT2D eigenvalue weighted by Gasteiger charge is 2.22. The fourth-order valence-corrected chi connectivity index (χ4v) is 2.94. The lowest BCUT2D eigenvalue weighted by atomic mass is 9.96. The Morgan fingerprint density at radius 2 is 2.09 bits per heavy atom. The second kappa shape index (κ2) is 8.24. The number of hydrogen-bond acceptors (Lipinski definition) is 5. The highest BCUT2D eigenvalue weighted by molar-refractivity contribution is 5.76. The van der Waals surface area contributed by atoms with Gasteiger partial charge in [-0.2, -0.15) is 0 Å². The van der Waals surface area contributed by atoms with Crippen LogP contribution in [-0.2, 0) is 4.79 Å². The summed E-state index contributed by atoms with van der Waals surface area (Å²) in [5.74, 6) is 2.05. The van der Waals surface area contributed by atoms with Gasteiger partial charge in [-0.3, -0.25) is 4.79 Å². The molecule has 1 aliphatic heterocycles. The summed E-state index contributed by atoms with van der Waals surface area (Å²) in [7, 11) is 0. The standard InChI is InChI=1S/C17H29N5O/c1-12(2)15-11-16(21-13(3)20-15)19-7-4-8-22-9-5-14(6-10-22)17(18)23/h11-12,14H,4-10H2,1-3H3,(H2,18,23)(H,19,20,21). The lowest BCUT2D eigenvalue weighted by Crippen LogP contribution is -2.39. The molecule has 0 aliphatic carbocycles. The van der Waals surface area contributed by atoms with Crippen molar-refractivity contribution in [3.63, 3.8) is 0 Å². The molecule has 0 aromatic carbocycles. The zero-order valence-electron chi connectivity index (χ0n) is 14.5. The van der Waals surface area contributed by atoms with Crippen molar-refractivity contribution in [2.75, 3.05) is 31.5 Å². The van der Waals surface area contributed by atoms with Crippen LogP contribution in [0.15, 0.2) is 6.07 Å². The molecule has 1 saturated heterocycles. The number of nitrogens with two attached hydrogens (primary N) is 1. The third kappa shape index (κ3) is 5.46. The van der Waals surface area contributed by atoms with E-state index in [0.717, 1.165) is 62.8 Å². The molecule has 2 rings (SSSR count). The average molecular weight is 319 g/mol. The molecule has 6 nitrogen and oxygen atoms in total. The third-order valence-electron chi connectivity index (χ3n) is 4.40. The summed E-state index contributed by atoms with van der Waals surface area (Å²) in [6, 6.07) is 2.04. The van der Waals surface area contributed by atoms with E-state index in [1.807, 2.05) is 13.0 Å². The molecule has 6 heteroatoms. The minimum atomic E-state index is -0.147. The molecule has 1 fully saturated rings. The predicted octanol–water partition coefficient (Wildman–Crippen LogP) is 1.91. The van der Waals surface area contributed by atoms with Crippen LogP contribution in [0.3, 0.4) is 0 Å². The number of primary amides is 1. The van der Waals surface area contributed by atoms with Crippen molar-refractivity contribution in [2.24, 2.45) is 11.7 Å². The van der Waals surface area contributed by atoms with Crippen LogP contribution in [0.2, 0.25) is 0 Å². The van der Waals surface area contributed by atoms with Crippen LogP contribution in [0.1, 0.15) is 50.5 Å². The summed E-state index contributed by atoms with van der Waals surface area (Å²) < 4.78 is 0. The van der Waals surface area contributed by atoms with Crippen molar-refractivity contribution < 1.29 is 4.79 Å². The Morgan fingerprint density at radius 1 is 1.39 bits per heavy atom. The van der Waals surface area contributed by atoms with Crippen LogP contribution in [-0.4, -0.2) is 47.0 Å². The normalized spacial score (nSPS) is 16.7. The van der Waals surface area contributed by atoms with Crippen LogP contribution in [0.5, 0.6) is 0 Å². The first kappa shape index (κ1) is 17.7. The summed E-state index contributed by atoms with van der Waals surface area (Å²) in [5, 5.41) is 3.40. The highest BCUT2D eigenvalue weighted by Crippen LogP contribution is 2.17. The maximum absolute atomic E-state index is 11.2. The number of rotatable bonds is 7. The third-order valence-corrected chi connectivity index (χ3v) is 4.40. The molecular formula is C17H29N5O. The molecular weight excluding hydrogens is 290 g/mol. The summed E-state index contributed by atoms with van der Waals surface area (Å²) in [6.45, 7) is 10.1. The van der Waals surface area contributed by atoms with Gasteiger partial charge in [0.25, 0.3) is 0 Å². The second-order valence-corrected chi connectivity index (χ2v) is 6.68. The van der Waals surface area contributed by atoms with Crippen molar-refractivity contribution in [3.05, 3.63) is 17.6 Å². The number of hydrogen-bond donors (Lipinski definition) is 2. The van der Waals surface area contributed by atoms with E-state index in [1.54, 1.807) is 0 Å². The Balaban J connectivity index is 1.71. The molecule has 0 atom stereocenters. The van der Waals surface area contributed by atoms with Gasteiger partial charge in [0.1, 0.15) is 11.6 Å². The lowest BCUT2D eigenvalue weighted by molar-refractivity contribution is -0.123. The largest absolute Gasteiger partial charge is 0.370 e. The quantitative estimate of drug-likeness (QED) is 0.750. The molecule has 3 N–H and O–H groups in total. The number of anilines is 1. The van der Waals surface area contributed by atoms with E-state index < -0.39 is 0 Å². The fraction of sp³-hybridized carbons (Fsp3) is 0.706.